The minimum atomic E-state index is 0.353. The number of anilines is 1. The van der Waals surface area contributed by atoms with Crippen molar-refractivity contribution in [3.8, 4) is 0 Å². The van der Waals surface area contributed by atoms with Crippen LogP contribution in [0.3, 0.4) is 0 Å². The van der Waals surface area contributed by atoms with Crippen LogP contribution in [0, 0.1) is 0 Å². The van der Waals surface area contributed by atoms with Gasteiger partial charge in [0.15, 0.2) is 0 Å². The van der Waals surface area contributed by atoms with Gasteiger partial charge in [0.1, 0.15) is 0 Å². The number of aromatic amines is 1. The van der Waals surface area contributed by atoms with Crippen molar-refractivity contribution >= 4 is 5.69 Å². The van der Waals surface area contributed by atoms with E-state index in [-0.39, 0.29) is 0 Å². The van der Waals surface area contributed by atoms with Crippen LogP contribution in [0.1, 0.15) is 23.7 Å². The van der Waals surface area contributed by atoms with Gasteiger partial charge in [0.05, 0.1) is 11.7 Å². The quantitative estimate of drug-likeness (QED) is 0.740. The summed E-state index contributed by atoms with van der Waals surface area (Å²) in [6, 6.07) is 10.9. The van der Waals surface area contributed by atoms with Gasteiger partial charge >= 0.3 is 0 Å². The van der Waals surface area contributed by atoms with Crippen LogP contribution in [0.5, 0.6) is 0 Å². The highest BCUT2D eigenvalue weighted by atomic mass is 15.1. The van der Waals surface area contributed by atoms with Crippen LogP contribution in [-0.4, -0.2) is 10.2 Å². The Morgan fingerprint density at radius 2 is 2.13 bits per heavy atom. The van der Waals surface area contributed by atoms with E-state index in [2.05, 4.69) is 39.8 Å². The maximum atomic E-state index is 4.23. The lowest BCUT2D eigenvalue weighted by Crippen LogP contribution is -2.18. The molecule has 0 spiro atoms. The van der Waals surface area contributed by atoms with Crippen molar-refractivity contribution in [2.24, 2.45) is 0 Å². The molecule has 2 heterocycles. The number of rotatable bonds is 1. The molecule has 1 aromatic heterocycles. The molecule has 1 aromatic carbocycles. The standard InChI is InChI=1S/C12H13N3/c1-2-4-10-9(3-1)5-6-11(14-10)12-7-8-13-15-12/h1-4,7-8,11,14H,5-6H2,(H,13,15). The molecular weight excluding hydrogens is 186 g/mol. The van der Waals surface area contributed by atoms with Crippen molar-refractivity contribution < 1.29 is 0 Å². The maximum absolute atomic E-state index is 4.23. The van der Waals surface area contributed by atoms with Crippen molar-refractivity contribution in [2.75, 3.05) is 5.32 Å². The van der Waals surface area contributed by atoms with Crippen molar-refractivity contribution in [1.29, 1.82) is 0 Å². The molecule has 76 valence electrons. The van der Waals surface area contributed by atoms with Gasteiger partial charge in [0.25, 0.3) is 0 Å². The Bertz CT molecular complexity index is 448. The lowest BCUT2D eigenvalue weighted by Gasteiger charge is -2.25. The summed E-state index contributed by atoms with van der Waals surface area (Å²) >= 11 is 0. The van der Waals surface area contributed by atoms with Gasteiger partial charge in [-0.05, 0) is 30.5 Å². The molecule has 3 rings (SSSR count). The number of aryl methyl sites for hydroxylation is 1. The fourth-order valence-electron chi connectivity index (χ4n) is 2.13. The van der Waals surface area contributed by atoms with Crippen LogP contribution in [-0.2, 0) is 6.42 Å². The van der Waals surface area contributed by atoms with Gasteiger partial charge in [0, 0.05) is 11.9 Å². The lowest BCUT2D eigenvalue weighted by molar-refractivity contribution is 0.648. The van der Waals surface area contributed by atoms with E-state index in [4.69, 9.17) is 0 Å². The first-order valence-electron chi connectivity index (χ1n) is 5.27. The summed E-state index contributed by atoms with van der Waals surface area (Å²) in [4.78, 5) is 0. The Morgan fingerprint density at radius 1 is 1.20 bits per heavy atom. The molecule has 3 nitrogen and oxygen atoms in total. The van der Waals surface area contributed by atoms with Crippen molar-refractivity contribution in [3.05, 3.63) is 47.8 Å². The Kier molecular flexibility index (Phi) is 1.95. The van der Waals surface area contributed by atoms with Gasteiger partial charge in [-0.3, -0.25) is 5.10 Å². The van der Waals surface area contributed by atoms with Crippen molar-refractivity contribution in [1.82, 2.24) is 10.2 Å². The molecule has 2 N–H and O–H groups in total. The van der Waals surface area contributed by atoms with Gasteiger partial charge in [-0.25, -0.2) is 0 Å². The topological polar surface area (TPSA) is 40.7 Å². The zero-order valence-corrected chi connectivity index (χ0v) is 8.40. The van der Waals surface area contributed by atoms with Crippen LogP contribution in [0.2, 0.25) is 0 Å². The van der Waals surface area contributed by atoms with Gasteiger partial charge in [-0.1, -0.05) is 18.2 Å². The highest BCUT2D eigenvalue weighted by Crippen LogP contribution is 2.31. The van der Waals surface area contributed by atoms with E-state index in [1.807, 2.05) is 12.3 Å². The molecule has 0 saturated heterocycles. The van der Waals surface area contributed by atoms with Gasteiger partial charge in [-0.2, -0.15) is 5.10 Å². The Labute approximate surface area is 88.5 Å². The van der Waals surface area contributed by atoms with Crippen LogP contribution in [0.15, 0.2) is 36.5 Å². The molecular formula is C12H13N3. The first-order chi connectivity index (χ1) is 7.43. The monoisotopic (exact) mass is 199 g/mol. The molecule has 3 heteroatoms. The number of benzene rings is 1. The molecule has 0 saturated carbocycles. The number of para-hydroxylation sites is 1. The molecule has 0 fully saturated rings. The number of aromatic nitrogens is 2. The summed E-state index contributed by atoms with van der Waals surface area (Å²) in [5, 5.41) is 10.6. The van der Waals surface area contributed by atoms with E-state index in [0.29, 0.717) is 6.04 Å². The third-order valence-electron chi connectivity index (χ3n) is 2.93. The van der Waals surface area contributed by atoms with E-state index in [0.717, 1.165) is 18.5 Å². The third kappa shape index (κ3) is 1.50. The average molecular weight is 199 g/mol. The number of hydrogen-bond acceptors (Lipinski definition) is 2. The first kappa shape index (κ1) is 8.53. The normalized spacial score (nSPS) is 19.3. The molecule has 0 amide bonds. The first-order valence-corrected chi connectivity index (χ1v) is 5.27. The predicted molar refractivity (Wildman–Crippen MR) is 59.7 cm³/mol. The summed E-state index contributed by atoms with van der Waals surface area (Å²) in [5.41, 5.74) is 3.76. The van der Waals surface area contributed by atoms with E-state index >= 15 is 0 Å². The molecule has 15 heavy (non-hydrogen) atoms. The van der Waals surface area contributed by atoms with Crippen LogP contribution < -0.4 is 5.32 Å². The molecule has 1 aliphatic heterocycles. The average Bonchev–Trinajstić information content (AvgIpc) is 2.82. The molecule has 2 aromatic rings. The summed E-state index contributed by atoms with van der Waals surface area (Å²) in [6.45, 7) is 0. The van der Waals surface area contributed by atoms with Crippen LogP contribution in [0.4, 0.5) is 5.69 Å². The second-order valence-corrected chi connectivity index (χ2v) is 3.89. The van der Waals surface area contributed by atoms with Crippen LogP contribution >= 0.6 is 0 Å². The zero-order valence-electron chi connectivity index (χ0n) is 8.40. The SMILES string of the molecule is c1ccc2c(c1)CCC(c1cc[nH]n1)N2. The van der Waals surface area contributed by atoms with E-state index < -0.39 is 0 Å². The minimum absolute atomic E-state index is 0.353. The fraction of sp³-hybridized carbons (Fsp3) is 0.250. The number of nitrogens with one attached hydrogen (secondary N) is 2. The van der Waals surface area contributed by atoms with Crippen molar-refractivity contribution in [2.45, 2.75) is 18.9 Å². The molecule has 0 bridgehead atoms. The zero-order chi connectivity index (χ0) is 10.1. The molecule has 0 aliphatic carbocycles. The maximum Gasteiger partial charge on any atom is 0.0844 e. The van der Waals surface area contributed by atoms with E-state index in [1.54, 1.807) is 0 Å². The van der Waals surface area contributed by atoms with Gasteiger partial charge < -0.3 is 5.32 Å². The van der Waals surface area contributed by atoms with E-state index in [9.17, 15) is 0 Å². The number of hydrogen-bond donors (Lipinski definition) is 2. The second kappa shape index (κ2) is 3.42. The summed E-state index contributed by atoms with van der Waals surface area (Å²) in [6.07, 6.45) is 4.11. The molecule has 1 unspecified atom stereocenters. The number of H-pyrrole nitrogens is 1. The third-order valence-corrected chi connectivity index (χ3v) is 2.93. The number of nitrogens with zero attached hydrogens (tertiary/aromatic N) is 1. The Morgan fingerprint density at radius 3 is 3.00 bits per heavy atom. The number of fused-ring (bicyclic) bond motifs is 1. The highest BCUT2D eigenvalue weighted by Gasteiger charge is 2.19. The summed E-state index contributed by atoms with van der Waals surface area (Å²) in [7, 11) is 0. The molecule has 1 aliphatic rings. The fourth-order valence-corrected chi connectivity index (χ4v) is 2.13. The second-order valence-electron chi connectivity index (χ2n) is 3.89. The highest BCUT2D eigenvalue weighted by molar-refractivity contribution is 5.54. The van der Waals surface area contributed by atoms with Crippen LogP contribution in [0.25, 0.3) is 0 Å². The largest absolute Gasteiger partial charge is 0.376 e. The summed E-state index contributed by atoms with van der Waals surface area (Å²) < 4.78 is 0. The Balaban J connectivity index is 1.89. The lowest BCUT2D eigenvalue weighted by atomic mass is 9.96. The predicted octanol–water partition coefficient (Wildman–Crippen LogP) is 2.51. The smallest absolute Gasteiger partial charge is 0.0844 e. The molecule has 0 radical (unpaired) electrons. The summed E-state index contributed by atoms with van der Waals surface area (Å²) in [5.74, 6) is 0. The van der Waals surface area contributed by atoms with Crippen molar-refractivity contribution in [3.63, 3.8) is 0 Å². The van der Waals surface area contributed by atoms with Gasteiger partial charge in [-0.15, -0.1) is 0 Å². The molecule has 1 atom stereocenters. The minimum Gasteiger partial charge on any atom is -0.376 e. The van der Waals surface area contributed by atoms with Gasteiger partial charge in [0.2, 0.25) is 0 Å². The van der Waals surface area contributed by atoms with E-state index in [1.165, 1.54) is 11.3 Å². The Hall–Kier alpha value is -1.77.